The van der Waals surface area contributed by atoms with Crippen LogP contribution >= 0.6 is 0 Å². The van der Waals surface area contributed by atoms with Crippen LogP contribution in [0.25, 0.3) is 0 Å². The van der Waals surface area contributed by atoms with Crippen molar-refractivity contribution in [2.75, 3.05) is 13.7 Å². The highest BCUT2D eigenvalue weighted by Gasteiger charge is 2.50. The molecule has 0 heterocycles. The molecular weight excluding hydrogens is 508 g/mol. The molecule has 0 saturated heterocycles. The largest absolute Gasteiger partial charge is 0.508 e. The molecule has 41 heavy (non-hydrogen) atoms. The van der Waals surface area contributed by atoms with Crippen molar-refractivity contribution >= 4 is 5.97 Å². The summed E-state index contributed by atoms with van der Waals surface area (Å²) in [5, 5.41) is 10.1. The number of carbonyl (C=O) groups excluding carboxylic acids is 1. The van der Waals surface area contributed by atoms with Gasteiger partial charge in [-0.25, -0.2) is 0 Å². The van der Waals surface area contributed by atoms with Crippen LogP contribution in [-0.4, -0.2) is 30.9 Å². The molecule has 3 aliphatic rings. The summed E-state index contributed by atoms with van der Waals surface area (Å²) in [5.41, 5.74) is 2.71. The summed E-state index contributed by atoms with van der Waals surface area (Å²) in [5.74, 6) is 3.09. The molecule has 2 fully saturated rings. The van der Waals surface area contributed by atoms with Gasteiger partial charge in [0.1, 0.15) is 11.9 Å². The third-order valence-corrected chi connectivity index (χ3v) is 10.8. The molecule has 2 saturated carbocycles. The summed E-state index contributed by atoms with van der Waals surface area (Å²) < 4.78 is 11.7. The number of phenols is 1. The lowest BCUT2D eigenvalue weighted by atomic mass is 9.58. The first kappa shape index (κ1) is 32.4. The van der Waals surface area contributed by atoms with Gasteiger partial charge in [0.05, 0.1) is 6.61 Å². The highest BCUT2D eigenvalue weighted by molar-refractivity contribution is 5.69. The van der Waals surface area contributed by atoms with E-state index < -0.39 is 0 Å². The first-order valence-electron chi connectivity index (χ1n) is 17.6. The maximum atomic E-state index is 12.8. The van der Waals surface area contributed by atoms with E-state index in [1.807, 2.05) is 12.1 Å². The minimum atomic E-state index is 0.0363. The van der Waals surface area contributed by atoms with Gasteiger partial charge in [-0.3, -0.25) is 4.79 Å². The second-order valence-corrected chi connectivity index (χ2v) is 13.7. The maximum Gasteiger partial charge on any atom is 0.306 e. The second kappa shape index (κ2) is 17.5. The number of hydrogen-bond donors (Lipinski definition) is 1. The minimum Gasteiger partial charge on any atom is -0.508 e. The topological polar surface area (TPSA) is 55.8 Å². The predicted molar refractivity (Wildman–Crippen MR) is 168 cm³/mol. The van der Waals surface area contributed by atoms with Gasteiger partial charge < -0.3 is 14.6 Å². The molecule has 6 atom stereocenters. The molecule has 4 heteroatoms. The van der Waals surface area contributed by atoms with Gasteiger partial charge in [-0.1, -0.05) is 103 Å². The van der Waals surface area contributed by atoms with Crippen LogP contribution in [0.3, 0.4) is 0 Å². The van der Waals surface area contributed by atoms with Gasteiger partial charge in [0, 0.05) is 19.4 Å². The van der Waals surface area contributed by atoms with Crippen molar-refractivity contribution in [3.05, 3.63) is 29.3 Å². The molecule has 1 aromatic carbocycles. The smallest absolute Gasteiger partial charge is 0.306 e. The lowest BCUT2D eigenvalue weighted by Crippen LogP contribution is -2.39. The Labute approximate surface area is 251 Å². The number of carbonyl (C=O) groups is 1. The Morgan fingerprint density at radius 1 is 0.756 bits per heavy atom. The van der Waals surface area contributed by atoms with Crippen molar-refractivity contribution < 1.29 is 19.4 Å². The Hall–Kier alpha value is -1.55. The molecule has 0 spiro atoms. The molecule has 3 unspecified atom stereocenters. The van der Waals surface area contributed by atoms with Gasteiger partial charge in [-0.05, 0) is 85.5 Å². The van der Waals surface area contributed by atoms with Crippen LogP contribution in [0, 0.1) is 17.8 Å². The maximum absolute atomic E-state index is 12.8. The van der Waals surface area contributed by atoms with Crippen LogP contribution in [0.2, 0.25) is 0 Å². The zero-order valence-corrected chi connectivity index (χ0v) is 26.4. The SMILES string of the molecule is CCCCCCCCCCCCCCCCCC(=O)OC1CCC2C1CC[C@@H]1c3ccc(O)cc3[C@H](COC)C[C@@H]21. The monoisotopic (exact) mass is 568 g/mol. The van der Waals surface area contributed by atoms with Gasteiger partial charge in [0.15, 0.2) is 0 Å². The summed E-state index contributed by atoms with van der Waals surface area (Å²) in [6.45, 7) is 2.99. The first-order valence-corrected chi connectivity index (χ1v) is 17.6. The summed E-state index contributed by atoms with van der Waals surface area (Å²) in [6.07, 6.45) is 26.5. The Bertz CT molecular complexity index is 897. The normalized spacial score (nSPS) is 26.8. The minimum absolute atomic E-state index is 0.0363. The van der Waals surface area contributed by atoms with Crippen molar-refractivity contribution in [3.63, 3.8) is 0 Å². The fourth-order valence-corrected chi connectivity index (χ4v) is 8.68. The van der Waals surface area contributed by atoms with E-state index >= 15 is 0 Å². The van der Waals surface area contributed by atoms with Crippen molar-refractivity contribution in [2.45, 2.75) is 160 Å². The Morgan fingerprint density at radius 3 is 2.00 bits per heavy atom. The molecule has 1 N–H and O–H groups in total. The van der Waals surface area contributed by atoms with Crippen LogP contribution in [0.4, 0.5) is 0 Å². The molecule has 232 valence electrons. The molecule has 1 aromatic rings. The molecule has 0 aromatic heterocycles. The number of aromatic hydroxyl groups is 1. The summed E-state index contributed by atoms with van der Waals surface area (Å²) in [6, 6.07) is 5.99. The molecular formula is C37H60O4. The predicted octanol–water partition coefficient (Wildman–Crippen LogP) is 10.2. The number of phenolic OH excluding ortho intramolecular Hbond substituents is 1. The fourth-order valence-electron chi connectivity index (χ4n) is 8.68. The number of methoxy groups -OCH3 is 1. The van der Waals surface area contributed by atoms with Crippen LogP contribution in [-0.2, 0) is 14.3 Å². The van der Waals surface area contributed by atoms with Crippen molar-refractivity contribution in [1.82, 2.24) is 0 Å². The average molecular weight is 569 g/mol. The third kappa shape index (κ3) is 9.47. The van der Waals surface area contributed by atoms with Crippen LogP contribution in [0.5, 0.6) is 5.75 Å². The van der Waals surface area contributed by atoms with Crippen LogP contribution in [0.15, 0.2) is 18.2 Å². The molecule has 0 bridgehead atoms. The number of fused-ring (bicyclic) bond motifs is 5. The number of unbranched alkanes of at least 4 members (excludes halogenated alkanes) is 14. The quantitative estimate of drug-likeness (QED) is 0.133. The van der Waals surface area contributed by atoms with Crippen LogP contribution in [0.1, 0.15) is 165 Å². The molecule has 0 radical (unpaired) electrons. The van der Waals surface area contributed by atoms with Gasteiger partial charge in [0.25, 0.3) is 0 Å². The van der Waals surface area contributed by atoms with E-state index in [1.54, 1.807) is 7.11 Å². The van der Waals surface area contributed by atoms with Gasteiger partial charge in [-0.15, -0.1) is 0 Å². The molecule has 4 rings (SSSR count). The van der Waals surface area contributed by atoms with Crippen LogP contribution < -0.4 is 0 Å². The molecule has 0 amide bonds. The lowest BCUT2D eigenvalue weighted by molar-refractivity contribution is -0.152. The standard InChI is InChI=1S/C37H60O4/c1-3-4-5-6-7-8-9-10-11-12-13-14-15-16-17-18-37(39)41-36-24-23-32-33(36)22-21-31-30-20-19-29(38)26-34(30)28(27-40-2)25-35(31)32/h19-20,26,28,31-33,35-36,38H,3-18,21-25,27H2,1-2H3/t28-,31+,32?,33?,35+,36?/m0/s1. The van der Waals surface area contributed by atoms with E-state index in [0.29, 0.717) is 48.4 Å². The number of hydrogen-bond acceptors (Lipinski definition) is 4. The summed E-state index contributed by atoms with van der Waals surface area (Å²) in [4.78, 5) is 12.8. The fraction of sp³-hybridized carbons (Fsp3) is 0.811. The van der Waals surface area contributed by atoms with Gasteiger partial charge >= 0.3 is 5.97 Å². The summed E-state index contributed by atoms with van der Waals surface area (Å²) in [7, 11) is 1.78. The van der Waals surface area contributed by atoms with E-state index in [1.165, 1.54) is 101 Å². The third-order valence-electron chi connectivity index (χ3n) is 10.8. The highest BCUT2D eigenvalue weighted by atomic mass is 16.5. The van der Waals surface area contributed by atoms with Crippen molar-refractivity contribution in [2.24, 2.45) is 17.8 Å². The lowest BCUT2D eigenvalue weighted by Gasteiger charge is -2.47. The van der Waals surface area contributed by atoms with E-state index in [-0.39, 0.29) is 12.1 Å². The molecule has 0 aliphatic heterocycles. The van der Waals surface area contributed by atoms with Gasteiger partial charge in [0.2, 0.25) is 0 Å². The van der Waals surface area contributed by atoms with Gasteiger partial charge in [-0.2, -0.15) is 0 Å². The average Bonchev–Trinajstić information content (AvgIpc) is 3.38. The van der Waals surface area contributed by atoms with E-state index in [4.69, 9.17) is 9.47 Å². The Balaban J connectivity index is 1.08. The van der Waals surface area contributed by atoms with E-state index in [0.717, 1.165) is 38.5 Å². The van der Waals surface area contributed by atoms with Crippen molar-refractivity contribution in [1.29, 1.82) is 0 Å². The second-order valence-electron chi connectivity index (χ2n) is 13.7. The molecule has 4 nitrogen and oxygen atoms in total. The Kier molecular flexibility index (Phi) is 13.8. The number of esters is 1. The first-order chi connectivity index (χ1) is 20.1. The zero-order valence-electron chi connectivity index (χ0n) is 26.4. The summed E-state index contributed by atoms with van der Waals surface area (Å²) >= 11 is 0. The van der Waals surface area contributed by atoms with E-state index in [9.17, 15) is 9.90 Å². The van der Waals surface area contributed by atoms with Crippen molar-refractivity contribution in [3.8, 4) is 5.75 Å². The Morgan fingerprint density at radius 2 is 1.37 bits per heavy atom. The number of rotatable bonds is 19. The zero-order chi connectivity index (χ0) is 28.9. The van der Waals surface area contributed by atoms with E-state index in [2.05, 4.69) is 13.0 Å². The number of ether oxygens (including phenoxy) is 2. The molecule has 3 aliphatic carbocycles. The number of benzene rings is 1. The highest BCUT2D eigenvalue weighted by Crippen LogP contribution is 2.58.